The van der Waals surface area contributed by atoms with Crippen LogP contribution in [0.4, 0.5) is 0 Å². The van der Waals surface area contributed by atoms with E-state index < -0.39 is 5.97 Å². The molecule has 1 aromatic carbocycles. The topological polar surface area (TPSA) is 54.4 Å². The lowest BCUT2D eigenvalue weighted by Crippen LogP contribution is -2.08. The van der Waals surface area contributed by atoms with Crippen molar-refractivity contribution in [3.63, 3.8) is 0 Å². The fourth-order valence-corrected chi connectivity index (χ4v) is 1.96. The van der Waals surface area contributed by atoms with Crippen LogP contribution in [0.1, 0.15) is 18.9 Å². The third-order valence-corrected chi connectivity index (χ3v) is 3.15. The van der Waals surface area contributed by atoms with E-state index in [1.54, 1.807) is 0 Å². The molecule has 0 spiro atoms. The predicted molar refractivity (Wildman–Crippen MR) is 63.8 cm³/mol. The normalized spacial score (nSPS) is 10.1. The highest BCUT2D eigenvalue weighted by molar-refractivity contribution is 8.00. The van der Waals surface area contributed by atoms with E-state index in [0.29, 0.717) is 0 Å². The van der Waals surface area contributed by atoms with Crippen molar-refractivity contribution in [2.75, 3.05) is 5.75 Å². The number of carbonyl (C=O) groups excluding carboxylic acids is 1. The lowest BCUT2D eigenvalue weighted by atomic mass is 10.2. The highest BCUT2D eigenvalue weighted by atomic mass is 32.2. The Kier molecular flexibility index (Phi) is 5.05. The van der Waals surface area contributed by atoms with Gasteiger partial charge in [-0.15, -0.1) is 11.8 Å². The van der Waals surface area contributed by atoms with Crippen LogP contribution in [0.5, 0.6) is 0 Å². The molecular weight excluding hydrogens is 224 g/mol. The minimum Gasteiger partial charge on any atom is -0.481 e. The molecule has 0 aliphatic rings. The molecule has 1 N–H and O–H groups in total. The molecule has 16 heavy (non-hydrogen) atoms. The highest BCUT2D eigenvalue weighted by Gasteiger charge is 2.07. The molecule has 0 saturated heterocycles. The number of hydrogen-bond donors (Lipinski definition) is 1. The van der Waals surface area contributed by atoms with Crippen LogP contribution in [0.3, 0.4) is 0 Å². The van der Waals surface area contributed by atoms with Crippen molar-refractivity contribution in [3.05, 3.63) is 29.8 Å². The number of carboxylic acids is 1. The summed E-state index contributed by atoms with van der Waals surface area (Å²) >= 11 is 1.38. The summed E-state index contributed by atoms with van der Waals surface area (Å²) in [5.41, 5.74) is 1.25. The summed E-state index contributed by atoms with van der Waals surface area (Å²) in [6, 6.07) is 7.95. The monoisotopic (exact) mass is 238 g/mol. The molecule has 0 fully saturated rings. The van der Waals surface area contributed by atoms with E-state index in [1.807, 2.05) is 24.3 Å². The Bertz CT molecular complexity index is 370. The van der Waals surface area contributed by atoms with Gasteiger partial charge in [-0.25, -0.2) is 0 Å². The Balaban J connectivity index is 2.42. The maximum absolute atomic E-state index is 11.1. The van der Waals surface area contributed by atoms with E-state index in [2.05, 4.69) is 6.92 Å². The van der Waals surface area contributed by atoms with Crippen molar-refractivity contribution in [1.29, 1.82) is 0 Å². The minimum atomic E-state index is -1.06. The Morgan fingerprint density at radius 2 is 1.88 bits per heavy atom. The molecule has 86 valence electrons. The van der Waals surface area contributed by atoms with E-state index in [-0.39, 0.29) is 18.0 Å². The molecule has 1 rings (SSSR count). The van der Waals surface area contributed by atoms with Crippen LogP contribution in [0.25, 0.3) is 0 Å². The number of benzene rings is 1. The summed E-state index contributed by atoms with van der Waals surface area (Å²) in [5.74, 6) is -1.10. The fourth-order valence-electron chi connectivity index (χ4n) is 1.20. The number of Topliss-reactive ketones (excluding diaryl/α,β-unsaturated/α-hetero) is 1. The number of carboxylic acid groups (broad SMARTS) is 1. The van der Waals surface area contributed by atoms with Gasteiger partial charge in [-0.05, 0) is 24.1 Å². The summed E-state index contributed by atoms with van der Waals surface area (Å²) in [6.07, 6.45) is 0.600. The molecule has 0 unspecified atom stereocenters. The number of aryl methyl sites for hydroxylation is 1. The number of carbonyl (C=O) groups is 2. The lowest BCUT2D eigenvalue weighted by Gasteiger charge is -2.01. The van der Waals surface area contributed by atoms with Gasteiger partial charge < -0.3 is 5.11 Å². The molecule has 0 heterocycles. The van der Waals surface area contributed by atoms with Gasteiger partial charge in [-0.2, -0.15) is 0 Å². The van der Waals surface area contributed by atoms with Crippen LogP contribution in [0, 0.1) is 0 Å². The molecule has 4 heteroatoms. The first-order valence-corrected chi connectivity index (χ1v) is 6.05. The van der Waals surface area contributed by atoms with E-state index >= 15 is 0 Å². The van der Waals surface area contributed by atoms with E-state index in [1.165, 1.54) is 17.3 Å². The number of hydrogen-bond acceptors (Lipinski definition) is 3. The zero-order valence-corrected chi connectivity index (χ0v) is 9.92. The Morgan fingerprint density at radius 1 is 1.25 bits per heavy atom. The highest BCUT2D eigenvalue weighted by Crippen LogP contribution is 2.18. The van der Waals surface area contributed by atoms with Crippen LogP contribution >= 0.6 is 11.8 Å². The number of ketones is 1. The van der Waals surface area contributed by atoms with Crippen molar-refractivity contribution in [3.8, 4) is 0 Å². The van der Waals surface area contributed by atoms with Crippen LogP contribution < -0.4 is 0 Å². The van der Waals surface area contributed by atoms with Crippen LogP contribution in [0.2, 0.25) is 0 Å². The largest absolute Gasteiger partial charge is 0.481 e. The van der Waals surface area contributed by atoms with Gasteiger partial charge in [0.2, 0.25) is 0 Å². The Morgan fingerprint density at radius 3 is 2.38 bits per heavy atom. The summed E-state index contributed by atoms with van der Waals surface area (Å²) in [7, 11) is 0. The summed E-state index contributed by atoms with van der Waals surface area (Å²) < 4.78 is 0. The third-order valence-electron chi connectivity index (χ3n) is 2.08. The summed E-state index contributed by atoms with van der Waals surface area (Å²) in [4.78, 5) is 22.4. The second-order valence-electron chi connectivity index (χ2n) is 3.40. The zero-order chi connectivity index (χ0) is 12.0. The smallest absolute Gasteiger partial charge is 0.310 e. The van der Waals surface area contributed by atoms with Crippen LogP contribution in [0.15, 0.2) is 29.2 Å². The quantitative estimate of drug-likeness (QED) is 0.610. The van der Waals surface area contributed by atoms with Gasteiger partial charge in [0.05, 0.1) is 5.75 Å². The first-order chi connectivity index (χ1) is 7.61. The second kappa shape index (κ2) is 6.33. The van der Waals surface area contributed by atoms with Crippen molar-refractivity contribution in [2.24, 2.45) is 0 Å². The lowest BCUT2D eigenvalue weighted by molar-refractivity contribution is -0.139. The van der Waals surface area contributed by atoms with Gasteiger partial charge in [0.1, 0.15) is 6.42 Å². The van der Waals surface area contributed by atoms with E-state index in [0.717, 1.165) is 11.3 Å². The molecule has 0 amide bonds. The Labute approximate surface area is 98.9 Å². The van der Waals surface area contributed by atoms with Gasteiger partial charge in [-0.1, -0.05) is 19.1 Å². The maximum atomic E-state index is 11.1. The Hall–Kier alpha value is -1.29. The molecule has 1 aromatic rings. The number of aliphatic carboxylic acids is 1. The van der Waals surface area contributed by atoms with Gasteiger partial charge in [0, 0.05) is 4.90 Å². The van der Waals surface area contributed by atoms with Gasteiger partial charge in [-0.3, -0.25) is 9.59 Å². The maximum Gasteiger partial charge on any atom is 0.310 e. The predicted octanol–water partition coefficient (Wildman–Crippen LogP) is 2.38. The summed E-state index contributed by atoms with van der Waals surface area (Å²) in [5, 5.41) is 8.42. The molecular formula is C12H14O3S. The average Bonchev–Trinajstić information content (AvgIpc) is 2.26. The third kappa shape index (κ3) is 4.49. The van der Waals surface area contributed by atoms with Crippen molar-refractivity contribution < 1.29 is 14.7 Å². The van der Waals surface area contributed by atoms with E-state index in [4.69, 9.17) is 5.11 Å². The molecule has 0 atom stereocenters. The number of rotatable bonds is 6. The van der Waals surface area contributed by atoms with Crippen molar-refractivity contribution >= 4 is 23.5 Å². The molecule has 0 aliphatic heterocycles. The standard InChI is InChI=1S/C12H14O3S/c1-2-9-3-5-11(6-4-9)16-8-10(13)7-12(14)15/h3-6H,2,7-8H2,1H3,(H,14,15). The molecule has 0 saturated carbocycles. The SMILES string of the molecule is CCc1ccc(SCC(=O)CC(=O)O)cc1. The number of thioether (sulfide) groups is 1. The molecule has 0 aromatic heterocycles. The molecule has 0 bridgehead atoms. The van der Waals surface area contributed by atoms with E-state index in [9.17, 15) is 9.59 Å². The van der Waals surface area contributed by atoms with Gasteiger partial charge in [0.25, 0.3) is 0 Å². The fraction of sp³-hybridized carbons (Fsp3) is 0.333. The van der Waals surface area contributed by atoms with Crippen LogP contribution in [-0.4, -0.2) is 22.6 Å². The van der Waals surface area contributed by atoms with Crippen LogP contribution in [-0.2, 0) is 16.0 Å². The summed E-state index contributed by atoms with van der Waals surface area (Å²) in [6.45, 7) is 2.08. The first-order valence-electron chi connectivity index (χ1n) is 5.07. The van der Waals surface area contributed by atoms with Crippen molar-refractivity contribution in [2.45, 2.75) is 24.7 Å². The van der Waals surface area contributed by atoms with Gasteiger partial charge >= 0.3 is 5.97 Å². The molecule has 0 radical (unpaired) electrons. The minimum absolute atomic E-state index is 0.220. The second-order valence-corrected chi connectivity index (χ2v) is 4.44. The average molecular weight is 238 g/mol. The van der Waals surface area contributed by atoms with Gasteiger partial charge in [0.15, 0.2) is 5.78 Å². The molecule has 0 aliphatic carbocycles. The van der Waals surface area contributed by atoms with Crippen molar-refractivity contribution in [1.82, 2.24) is 0 Å². The first kappa shape index (κ1) is 12.8. The zero-order valence-electron chi connectivity index (χ0n) is 9.10. The molecule has 3 nitrogen and oxygen atoms in total.